The fourth-order valence-electron chi connectivity index (χ4n) is 1.88. The van der Waals surface area contributed by atoms with E-state index in [0.717, 1.165) is 10.9 Å². The van der Waals surface area contributed by atoms with Gasteiger partial charge in [0.25, 0.3) is 0 Å². The van der Waals surface area contributed by atoms with Crippen LogP contribution in [0.5, 0.6) is 0 Å². The van der Waals surface area contributed by atoms with Gasteiger partial charge in [-0.05, 0) is 11.6 Å². The van der Waals surface area contributed by atoms with Gasteiger partial charge in [0.1, 0.15) is 0 Å². The number of phosphoric acid groups is 1. The number of para-hydroxylation sites is 1. The van der Waals surface area contributed by atoms with Gasteiger partial charge in [0, 0.05) is 23.5 Å². The summed E-state index contributed by atoms with van der Waals surface area (Å²) in [6.45, 7) is -8.03. The van der Waals surface area contributed by atoms with Crippen LogP contribution >= 0.6 is 7.82 Å². The minimum atomic E-state index is -5.55. The Bertz CT molecular complexity index is 805. The molecular formula is C13H18KN2O4P. The number of nitrogens with zero attached hydrogens (tertiary/aromatic N) is 1. The Morgan fingerprint density at radius 1 is 1.38 bits per heavy atom. The van der Waals surface area contributed by atoms with E-state index >= 15 is 0 Å². The van der Waals surface area contributed by atoms with Crippen molar-refractivity contribution in [2.75, 3.05) is 27.2 Å². The van der Waals surface area contributed by atoms with Gasteiger partial charge in [0.2, 0.25) is 0 Å². The smallest absolute Gasteiger partial charge is 0.790 e. The van der Waals surface area contributed by atoms with E-state index in [0.29, 0.717) is 5.56 Å². The fraction of sp³-hybridized carbons (Fsp3) is 0.385. The molecule has 8 heteroatoms. The van der Waals surface area contributed by atoms with E-state index in [1.165, 1.54) is 0 Å². The van der Waals surface area contributed by atoms with Gasteiger partial charge in [-0.2, -0.15) is 0 Å². The minimum absolute atomic E-state index is 0. The zero-order chi connectivity index (χ0) is 19.8. The van der Waals surface area contributed by atoms with Gasteiger partial charge >= 0.3 is 51.4 Å². The van der Waals surface area contributed by atoms with Crippen LogP contribution in [0.3, 0.4) is 0 Å². The number of likely N-dealkylation sites (N-methyl/N-ethyl adjacent to an activating group) is 1. The van der Waals surface area contributed by atoms with Crippen LogP contribution in [0.4, 0.5) is 0 Å². The monoisotopic (exact) mass is 342 g/mol. The first-order chi connectivity index (χ1) is 11.8. The number of H-pyrrole nitrogens is 1. The number of benzene rings is 1. The number of quaternary nitrogens is 1. The molecule has 0 aliphatic carbocycles. The number of aromatic amines is 1. The summed E-state index contributed by atoms with van der Waals surface area (Å²) < 4.78 is 59.2. The fourth-order valence-corrected chi connectivity index (χ4v) is 2.22. The summed E-state index contributed by atoms with van der Waals surface area (Å²) in [7, 11) is -5.55. The van der Waals surface area contributed by atoms with Gasteiger partial charge in [-0.25, -0.2) is 0 Å². The average Bonchev–Trinajstić information content (AvgIpc) is 2.87. The SMILES string of the molecule is [2H]C([2H])([2H])[N+](CCc1c[nH]c2ccccc12)(COP(=O)([O-])[O-])C([2H])([2H])[2H].[K+]. The van der Waals surface area contributed by atoms with Crippen molar-refractivity contribution in [3.63, 3.8) is 0 Å². The Labute approximate surface area is 175 Å². The molecule has 1 N–H and O–H groups in total. The molecule has 1 aromatic carbocycles. The molecule has 21 heavy (non-hydrogen) atoms. The Morgan fingerprint density at radius 2 is 2.10 bits per heavy atom. The summed E-state index contributed by atoms with van der Waals surface area (Å²) in [4.78, 5) is 24.6. The third-order valence-electron chi connectivity index (χ3n) is 2.87. The van der Waals surface area contributed by atoms with Gasteiger partial charge in [0.15, 0.2) is 6.73 Å². The number of phosphoric ester groups is 1. The molecule has 6 nitrogen and oxygen atoms in total. The first-order valence-corrected chi connectivity index (χ1v) is 7.32. The topological polar surface area (TPSA) is 88.2 Å². The molecule has 0 radical (unpaired) electrons. The number of fused-ring (bicyclic) bond motifs is 1. The third-order valence-corrected chi connectivity index (χ3v) is 3.31. The normalized spacial score (nSPS) is 17.8. The molecule has 0 fully saturated rings. The van der Waals surface area contributed by atoms with Gasteiger partial charge in [-0.15, -0.1) is 0 Å². The summed E-state index contributed by atoms with van der Waals surface area (Å²) in [5.74, 6) is 0. The predicted molar refractivity (Wildman–Crippen MR) is 72.5 cm³/mol. The summed E-state index contributed by atoms with van der Waals surface area (Å²) in [6, 6.07) is 7.19. The molecule has 1 heterocycles. The zero-order valence-electron chi connectivity index (χ0n) is 17.5. The van der Waals surface area contributed by atoms with Crippen LogP contribution in [0.1, 0.15) is 13.8 Å². The van der Waals surface area contributed by atoms with E-state index in [1.54, 1.807) is 18.3 Å². The first kappa shape index (κ1) is 11.9. The van der Waals surface area contributed by atoms with Gasteiger partial charge in [-0.3, -0.25) is 0 Å². The average molecular weight is 342 g/mol. The number of rotatable bonds is 6. The molecule has 2 aromatic rings. The maximum Gasteiger partial charge on any atom is 1.00 e. The zero-order valence-corrected chi connectivity index (χ0v) is 15.6. The Hall–Kier alpha value is 0.466. The van der Waals surface area contributed by atoms with E-state index in [9.17, 15) is 14.4 Å². The Balaban J connectivity index is 0.00000364. The molecule has 0 unspecified atom stereocenters. The van der Waals surface area contributed by atoms with Gasteiger partial charge in [-0.1, -0.05) is 18.2 Å². The molecule has 0 atom stereocenters. The predicted octanol–water partition coefficient (Wildman–Crippen LogP) is -2.41. The molecule has 0 saturated carbocycles. The van der Waals surface area contributed by atoms with Crippen molar-refractivity contribution in [2.24, 2.45) is 0 Å². The van der Waals surface area contributed by atoms with Crippen molar-refractivity contribution in [1.29, 1.82) is 0 Å². The molecule has 110 valence electrons. The molecule has 0 aliphatic rings. The van der Waals surface area contributed by atoms with E-state index in [2.05, 4.69) is 9.51 Å². The van der Waals surface area contributed by atoms with Crippen molar-refractivity contribution < 1.29 is 83.0 Å². The van der Waals surface area contributed by atoms with Gasteiger partial charge < -0.3 is 28.3 Å². The summed E-state index contributed by atoms with van der Waals surface area (Å²) >= 11 is 0. The summed E-state index contributed by atoms with van der Waals surface area (Å²) in [5, 5.41) is 0.793. The minimum Gasteiger partial charge on any atom is -0.790 e. The third kappa shape index (κ3) is 6.23. The second-order valence-corrected chi connectivity index (χ2v) is 5.66. The van der Waals surface area contributed by atoms with Gasteiger partial charge in [0.05, 0.1) is 36.5 Å². The molecule has 0 spiro atoms. The molecule has 0 amide bonds. The molecular weight excluding hydrogens is 318 g/mol. The Kier molecular flexibility index (Phi) is 4.45. The largest absolute Gasteiger partial charge is 1.00 e. The number of nitrogens with one attached hydrogen (secondary N) is 1. The van der Waals surface area contributed by atoms with Crippen molar-refractivity contribution in [3.05, 3.63) is 36.0 Å². The maximum absolute atomic E-state index is 10.8. The van der Waals surface area contributed by atoms with Crippen LogP contribution in [-0.2, 0) is 15.5 Å². The molecule has 1 aromatic heterocycles. The van der Waals surface area contributed by atoms with Crippen LogP contribution in [-0.4, -0.2) is 36.7 Å². The first-order valence-electron chi connectivity index (χ1n) is 8.86. The van der Waals surface area contributed by atoms with Crippen molar-refractivity contribution in [1.82, 2.24) is 4.98 Å². The van der Waals surface area contributed by atoms with Crippen molar-refractivity contribution in [2.45, 2.75) is 6.42 Å². The van der Waals surface area contributed by atoms with E-state index < -0.39 is 39.5 Å². The number of aromatic nitrogens is 1. The van der Waals surface area contributed by atoms with Crippen molar-refractivity contribution in [3.8, 4) is 0 Å². The maximum atomic E-state index is 10.8. The summed E-state index contributed by atoms with van der Waals surface area (Å²) in [6.07, 6.45) is 1.65. The molecule has 0 saturated heterocycles. The summed E-state index contributed by atoms with van der Waals surface area (Å²) in [5.41, 5.74) is 1.47. The Morgan fingerprint density at radius 3 is 2.76 bits per heavy atom. The standard InChI is InChI=1S/C13H19N2O4P.K/c1-15(2,10-19-20(16,17)18)8-7-11-9-14-13-6-4-3-5-12(11)13;/h3-6,9,14H,7-8,10H2,1-2H3,(H-,16,17,18);/q;+1/p-1/i1D3,2D3;. The number of hydrogen-bond acceptors (Lipinski definition) is 4. The quantitative estimate of drug-likeness (QED) is 0.274. The molecule has 0 bridgehead atoms. The molecule has 0 aliphatic heterocycles. The number of hydrogen-bond donors (Lipinski definition) is 1. The van der Waals surface area contributed by atoms with Crippen molar-refractivity contribution >= 4 is 18.7 Å². The van der Waals surface area contributed by atoms with E-state index in [4.69, 9.17) is 8.22 Å². The van der Waals surface area contributed by atoms with Crippen LogP contribution in [0, 0.1) is 0 Å². The van der Waals surface area contributed by atoms with E-state index in [-0.39, 0.29) is 57.8 Å². The second kappa shape index (κ2) is 7.83. The second-order valence-electron chi connectivity index (χ2n) is 4.51. The molecule has 2 rings (SSSR count). The van der Waals surface area contributed by atoms with Crippen LogP contribution in [0.25, 0.3) is 10.9 Å². The van der Waals surface area contributed by atoms with Crippen LogP contribution < -0.4 is 61.2 Å². The van der Waals surface area contributed by atoms with E-state index in [1.807, 2.05) is 12.1 Å². The van der Waals surface area contributed by atoms with Crippen LogP contribution in [0.2, 0.25) is 0 Å². The van der Waals surface area contributed by atoms with Crippen LogP contribution in [0.15, 0.2) is 30.5 Å².